The minimum Gasteiger partial charge on any atom is -0.378 e. The summed E-state index contributed by atoms with van der Waals surface area (Å²) in [4.78, 5) is 14.2. The van der Waals surface area contributed by atoms with Crippen molar-refractivity contribution in [2.24, 2.45) is 0 Å². The van der Waals surface area contributed by atoms with Crippen LogP contribution in [0.15, 0.2) is 54.1 Å². The Hall–Kier alpha value is -2.77. The molecule has 0 heterocycles. The van der Waals surface area contributed by atoms with Crippen LogP contribution in [0.3, 0.4) is 0 Å². The Labute approximate surface area is 140 Å². The largest absolute Gasteiger partial charge is 0.378 e. The highest BCUT2D eigenvalue weighted by Gasteiger charge is 2.09. The quantitative estimate of drug-likeness (QED) is 0.684. The van der Waals surface area contributed by atoms with Gasteiger partial charge in [-0.25, -0.2) is 0 Å². The summed E-state index contributed by atoms with van der Waals surface area (Å²) in [6, 6.07) is 16.3. The van der Waals surface area contributed by atoms with Crippen LogP contribution in [0.4, 0.5) is 11.4 Å². The van der Waals surface area contributed by atoms with Crippen molar-refractivity contribution in [2.45, 2.75) is 0 Å². The molecule has 0 bridgehead atoms. The molecule has 0 radical (unpaired) electrons. The van der Waals surface area contributed by atoms with E-state index >= 15 is 0 Å². The Morgan fingerprint density at radius 2 is 1.91 bits per heavy atom. The molecule has 0 spiro atoms. The van der Waals surface area contributed by atoms with Crippen LogP contribution in [-0.4, -0.2) is 20.0 Å². The summed E-state index contributed by atoms with van der Waals surface area (Å²) in [5.41, 5.74) is 2.41. The minimum atomic E-state index is -0.466. The van der Waals surface area contributed by atoms with Crippen molar-refractivity contribution in [3.05, 3.63) is 64.7 Å². The molecular formula is C18H16ClN3O. The third kappa shape index (κ3) is 4.60. The summed E-state index contributed by atoms with van der Waals surface area (Å²) in [5, 5.41) is 12.4. The SMILES string of the molecule is CN(C)c1ccc(/C=C(\C#N)C(=O)Nc2cccc(Cl)c2)cc1. The van der Waals surface area contributed by atoms with E-state index in [1.54, 1.807) is 30.3 Å². The number of anilines is 2. The number of nitriles is 1. The first-order valence-electron chi connectivity index (χ1n) is 6.95. The van der Waals surface area contributed by atoms with E-state index in [2.05, 4.69) is 5.32 Å². The maximum Gasteiger partial charge on any atom is 0.266 e. The van der Waals surface area contributed by atoms with Crippen LogP contribution < -0.4 is 10.2 Å². The minimum absolute atomic E-state index is 0.0302. The van der Waals surface area contributed by atoms with Crippen LogP contribution in [-0.2, 0) is 4.79 Å². The number of carbonyl (C=O) groups excluding carboxylic acids is 1. The molecule has 0 atom stereocenters. The Bertz CT molecular complexity index is 774. The molecule has 2 aromatic rings. The van der Waals surface area contributed by atoms with Gasteiger partial charge < -0.3 is 10.2 Å². The number of benzene rings is 2. The van der Waals surface area contributed by atoms with Gasteiger partial charge in [0.05, 0.1) is 0 Å². The number of halogens is 1. The topological polar surface area (TPSA) is 56.1 Å². The summed E-state index contributed by atoms with van der Waals surface area (Å²) in [6.45, 7) is 0. The van der Waals surface area contributed by atoms with Crippen molar-refractivity contribution >= 4 is 35.0 Å². The highest BCUT2D eigenvalue weighted by molar-refractivity contribution is 6.31. The maximum absolute atomic E-state index is 12.2. The third-order valence-corrected chi connectivity index (χ3v) is 3.40. The van der Waals surface area contributed by atoms with E-state index in [1.165, 1.54) is 0 Å². The van der Waals surface area contributed by atoms with Crippen LogP contribution in [0.2, 0.25) is 5.02 Å². The lowest BCUT2D eigenvalue weighted by molar-refractivity contribution is -0.112. The maximum atomic E-state index is 12.2. The van der Waals surface area contributed by atoms with Gasteiger partial charge in [-0.15, -0.1) is 0 Å². The second-order valence-electron chi connectivity index (χ2n) is 5.12. The molecule has 1 amide bonds. The predicted octanol–water partition coefficient (Wildman–Crippen LogP) is 3.95. The molecule has 1 N–H and O–H groups in total. The first-order chi connectivity index (χ1) is 11.0. The molecule has 0 unspecified atom stereocenters. The van der Waals surface area contributed by atoms with Crippen LogP contribution in [0.5, 0.6) is 0 Å². The summed E-state index contributed by atoms with van der Waals surface area (Å²) >= 11 is 5.88. The average Bonchev–Trinajstić information content (AvgIpc) is 2.53. The Kier molecular flexibility index (Phi) is 5.40. The van der Waals surface area contributed by atoms with E-state index < -0.39 is 5.91 Å². The zero-order chi connectivity index (χ0) is 16.8. The fourth-order valence-corrected chi connectivity index (χ4v) is 2.14. The smallest absolute Gasteiger partial charge is 0.266 e. The van der Waals surface area contributed by atoms with Crippen LogP contribution in [0, 0.1) is 11.3 Å². The molecule has 0 saturated heterocycles. The van der Waals surface area contributed by atoms with E-state index in [0.29, 0.717) is 10.7 Å². The van der Waals surface area contributed by atoms with Crippen molar-refractivity contribution in [3.8, 4) is 6.07 Å². The van der Waals surface area contributed by atoms with E-state index in [4.69, 9.17) is 11.6 Å². The van der Waals surface area contributed by atoms with Gasteiger partial charge in [0, 0.05) is 30.5 Å². The monoisotopic (exact) mass is 325 g/mol. The lowest BCUT2D eigenvalue weighted by Crippen LogP contribution is -2.13. The predicted molar refractivity (Wildman–Crippen MR) is 94.4 cm³/mol. The normalized spacial score (nSPS) is 10.8. The van der Waals surface area contributed by atoms with Gasteiger partial charge in [0.15, 0.2) is 0 Å². The number of carbonyl (C=O) groups is 1. The van der Waals surface area contributed by atoms with Crippen LogP contribution in [0.1, 0.15) is 5.56 Å². The van der Waals surface area contributed by atoms with E-state index in [0.717, 1.165) is 11.3 Å². The molecule has 4 nitrogen and oxygen atoms in total. The molecule has 0 aliphatic carbocycles. The van der Waals surface area contributed by atoms with Crippen molar-refractivity contribution in [2.75, 3.05) is 24.3 Å². The Morgan fingerprint density at radius 3 is 2.48 bits per heavy atom. The van der Waals surface area contributed by atoms with Gasteiger partial charge >= 0.3 is 0 Å². The van der Waals surface area contributed by atoms with Gasteiger partial charge in [0.2, 0.25) is 0 Å². The van der Waals surface area contributed by atoms with Gasteiger partial charge in [-0.1, -0.05) is 29.8 Å². The lowest BCUT2D eigenvalue weighted by Gasteiger charge is -2.12. The number of hydrogen-bond acceptors (Lipinski definition) is 3. The first-order valence-corrected chi connectivity index (χ1v) is 7.33. The molecule has 0 fully saturated rings. The van der Waals surface area contributed by atoms with E-state index in [1.807, 2.05) is 49.3 Å². The Morgan fingerprint density at radius 1 is 1.22 bits per heavy atom. The van der Waals surface area contributed by atoms with Crippen molar-refractivity contribution < 1.29 is 4.79 Å². The molecule has 2 rings (SSSR count). The summed E-state index contributed by atoms with van der Waals surface area (Å²) in [7, 11) is 3.90. The molecule has 116 valence electrons. The van der Waals surface area contributed by atoms with Gasteiger partial charge in [-0.05, 0) is 42.0 Å². The van der Waals surface area contributed by atoms with Gasteiger partial charge in [-0.2, -0.15) is 5.26 Å². The van der Waals surface area contributed by atoms with Crippen LogP contribution >= 0.6 is 11.6 Å². The Balaban J connectivity index is 2.18. The van der Waals surface area contributed by atoms with Gasteiger partial charge in [0.1, 0.15) is 11.6 Å². The average molecular weight is 326 g/mol. The zero-order valence-corrected chi connectivity index (χ0v) is 13.6. The van der Waals surface area contributed by atoms with E-state index in [-0.39, 0.29) is 5.57 Å². The second-order valence-corrected chi connectivity index (χ2v) is 5.56. The fraction of sp³-hybridized carbons (Fsp3) is 0.111. The molecule has 23 heavy (non-hydrogen) atoms. The summed E-state index contributed by atoms with van der Waals surface area (Å²) in [6.07, 6.45) is 1.55. The number of rotatable bonds is 4. The summed E-state index contributed by atoms with van der Waals surface area (Å²) in [5.74, 6) is -0.466. The van der Waals surface area contributed by atoms with Crippen molar-refractivity contribution in [3.63, 3.8) is 0 Å². The zero-order valence-electron chi connectivity index (χ0n) is 12.9. The standard InChI is InChI=1S/C18H16ClN3O/c1-22(2)17-8-6-13(7-9-17)10-14(12-20)18(23)21-16-5-3-4-15(19)11-16/h3-11H,1-2H3,(H,21,23)/b14-10+. The molecule has 0 aliphatic heterocycles. The van der Waals surface area contributed by atoms with Crippen molar-refractivity contribution in [1.29, 1.82) is 5.26 Å². The second kappa shape index (κ2) is 7.48. The lowest BCUT2D eigenvalue weighted by atomic mass is 10.1. The molecule has 2 aromatic carbocycles. The molecule has 0 saturated carbocycles. The molecular weight excluding hydrogens is 310 g/mol. The highest BCUT2D eigenvalue weighted by atomic mass is 35.5. The van der Waals surface area contributed by atoms with E-state index in [9.17, 15) is 10.1 Å². The first kappa shape index (κ1) is 16.6. The van der Waals surface area contributed by atoms with Crippen molar-refractivity contribution in [1.82, 2.24) is 0 Å². The molecule has 5 heteroatoms. The number of nitrogens with one attached hydrogen (secondary N) is 1. The number of hydrogen-bond donors (Lipinski definition) is 1. The highest BCUT2D eigenvalue weighted by Crippen LogP contribution is 2.17. The molecule has 0 aromatic heterocycles. The van der Waals surface area contributed by atoms with Crippen LogP contribution in [0.25, 0.3) is 6.08 Å². The third-order valence-electron chi connectivity index (χ3n) is 3.17. The molecule has 0 aliphatic rings. The number of amides is 1. The fourth-order valence-electron chi connectivity index (χ4n) is 1.95. The number of nitrogens with zero attached hydrogens (tertiary/aromatic N) is 2. The van der Waals surface area contributed by atoms with Gasteiger partial charge in [0.25, 0.3) is 5.91 Å². The van der Waals surface area contributed by atoms with Gasteiger partial charge in [-0.3, -0.25) is 4.79 Å². The summed E-state index contributed by atoms with van der Waals surface area (Å²) < 4.78 is 0.